The Morgan fingerprint density at radius 2 is 0.833 bits per heavy atom. The molecule has 0 unspecified atom stereocenters. The van der Waals surface area contributed by atoms with Gasteiger partial charge in [0.1, 0.15) is 0 Å². The molecule has 6 heteroatoms. The summed E-state index contributed by atoms with van der Waals surface area (Å²) >= 11 is 0. The van der Waals surface area contributed by atoms with E-state index < -0.39 is 7.25 Å². The third-order valence-corrected chi connectivity index (χ3v) is 0. The Kier molecular flexibility index (Phi) is 4.29. The van der Waals surface area contributed by atoms with Crippen molar-refractivity contribution in [2.45, 2.75) is 0 Å². The van der Waals surface area contributed by atoms with Gasteiger partial charge in [0.25, 0.3) is 0 Å². The normalized spacial score (nSPS) is 10.0. The van der Waals surface area contributed by atoms with Crippen molar-refractivity contribution in [3.8, 4) is 0 Å². The molecule has 0 saturated heterocycles. The summed E-state index contributed by atoms with van der Waals surface area (Å²) in [6.07, 6.45) is 0. The van der Waals surface area contributed by atoms with Crippen LogP contribution >= 0.6 is 0 Å². The molecule has 0 fully saturated rings. The fourth-order valence-corrected chi connectivity index (χ4v) is 0. The van der Waals surface area contributed by atoms with Gasteiger partial charge >= 0.3 is 7.25 Å². The Bertz CT molecular complexity index is 23.0. The van der Waals surface area contributed by atoms with Crippen LogP contribution in [0.1, 0.15) is 0 Å². The van der Waals surface area contributed by atoms with Crippen LogP contribution in [-0.2, 0) is 0 Å². The molecule has 0 radical (unpaired) electrons. The minimum atomic E-state index is -6.00. The van der Waals surface area contributed by atoms with Crippen LogP contribution in [0.3, 0.4) is 0 Å². The summed E-state index contributed by atoms with van der Waals surface area (Å²) in [6, 6.07) is 0. The Morgan fingerprint density at radius 1 is 0.833 bits per heavy atom. The molecule has 0 aliphatic heterocycles. The molecule has 0 saturated carbocycles. The van der Waals surface area contributed by atoms with Gasteiger partial charge in [-0.3, -0.25) is 0 Å². The summed E-state index contributed by atoms with van der Waals surface area (Å²) in [4.78, 5) is 0. The van der Waals surface area contributed by atoms with E-state index in [1.54, 1.807) is 0 Å². The fraction of sp³-hybridized carbons (Fsp3) is 0. The summed E-state index contributed by atoms with van der Waals surface area (Å²) < 4.78 is 39.0. The molecule has 40 valence electrons. The van der Waals surface area contributed by atoms with Crippen LogP contribution in [0.15, 0.2) is 0 Å². The van der Waals surface area contributed by atoms with Gasteiger partial charge in [-0.15, -0.1) is 0 Å². The predicted octanol–water partition coefficient (Wildman–Crippen LogP) is -2.23. The van der Waals surface area contributed by atoms with E-state index in [0.717, 1.165) is 0 Å². The van der Waals surface area contributed by atoms with Gasteiger partial charge in [-0.05, 0) is 0 Å². The molecule has 0 heterocycles. The van der Waals surface area contributed by atoms with Crippen LogP contribution in [0.25, 0.3) is 0 Å². The van der Waals surface area contributed by atoms with Crippen molar-refractivity contribution in [1.82, 2.24) is 0 Å². The van der Waals surface area contributed by atoms with Crippen LogP contribution in [0, 0.1) is 0 Å². The van der Waals surface area contributed by atoms with Crippen LogP contribution in [0.5, 0.6) is 0 Å². The first kappa shape index (κ1) is 9.72. The minimum Gasteiger partial charge on any atom is -0.418 e. The average Bonchev–Trinajstić information content (AvgIpc) is 0.722. The molecule has 0 spiro atoms. The maximum atomic E-state index is 9.75. The Morgan fingerprint density at radius 3 is 0.833 bits per heavy atom. The third-order valence-electron chi connectivity index (χ3n) is 0. The monoisotopic (exact) mass is 216 g/mol. The zero-order valence-corrected chi connectivity index (χ0v) is 5.09. The van der Waals surface area contributed by atoms with Crippen molar-refractivity contribution in [2.24, 2.45) is 0 Å². The molecule has 0 atom stereocenters. The topological polar surface area (TPSA) is 0 Å². The van der Waals surface area contributed by atoms with Crippen molar-refractivity contribution in [2.75, 3.05) is 0 Å². The lowest BCUT2D eigenvalue weighted by Gasteiger charge is -1.94. The number of halogens is 5. The SMILES string of the molecule is F[B-](F)(F)F.[IH2+]. The Hall–Kier alpha value is 0.515. The number of hydrogen-bond acceptors (Lipinski definition) is 0. The van der Waals surface area contributed by atoms with E-state index in [9.17, 15) is 17.3 Å². The van der Waals surface area contributed by atoms with Crippen LogP contribution in [-0.4, -0.2) is 7.25 Å². The van der Waals surface area contributed by atoms with E-state index in [0.29, 0.717) is 0 Å². The summed E-state index contributed by atoms with van der Waals surface area (Å²) in [7, 11) is -6.00. The van der Waals surface area contributed by atoms with Crippen molar-refractivity contribution in [3.05, 3.63) is 0 Å². The zero-order valence-electron chi connectivity index (χ0n) is 2.54. The zero-order chi connectivity index (χ0) is 4.50. The second kappa shape index (κ2) is 2.65. The van der Waals surface area contributed by atoms with Crippen molar-refractivity contribution in [1.29, 1.82) is 0 Å². The van der Waals surface area contributed by atoms with Gasteiger partial charge in [-0.2, -0.15) is 0 Å². The minimum absolute atomic E-state index is 0. The second-order valence-corrected chi connectivity index (χ2v) is 0.495. The molecule has 0 nitrogen and oxygen atoms in total. The lowest BCUT2D eigenvalue weighted by atomic mass is 10.3. The highest BCUT2D eigenvalue weighted by atomic mass is 127. The highest BCUT2D eigenvalue weighted by Crippen LogP contribution is 2.06. The number of rotatable bonds is 0. The lowest BCUT2D eigenvalue weighted by molar-refractivity contribution is -0.00000674. The first-order valence-electron chi connectivity index (χ1n) is 0.873. The molecule has 0 aromatic rings. The molecule has 0 N–H and O–H groups in total. The Balaban J connectivity index is 0. The van der Waals surface area contributed by atoms with Gasteiger partial charge < -0.3 is 17.3 Å². The van der Waals surface area contributed by atoms with E-state index >= 15 is 0 Å². The quantitative estimate of drug-likeness (QED) is 0.244. The van der Waals surface area contributed by atoms with Crippen molar-refractivity contribution in [3.63, 3.8) is 0 Å². The van der Waals surface area contributed by atoms with Gasteiger partial charge in [-0.25, -0.2) is 0 Å². The molecule has 6 heavy (non-hydrogen) atoms. The van der Waals surface area contributed by atoms with Gasteiger partial charge in [-0.1, -0.05) is 0 Å². The highest BCUT2D eigenvalue weighted by molar-refractivity contribution is 6.50. The second-order valence-electron chi connectivity index (χ2n) is 0.495. The van der Waals surface area contributed by atoms with E-state index in [1.165, 1.54) is 0 Å². The molecule has 0 aromatic carbocycles. The highest BCUT2D eigenvalue weighted by Gasteiger charge is 2.20. The fourth-order valence-electron chi connectivity index (χ4n) is 0. The molecular weight excluding hydrogens is 214 g/mol. The van der Waals surface area contributed by atoms with E-state index in [4.69, 9.17) is 0 Å². The smallest absolute Gasteiger partial charge is 0.418 e. The molecule has 0 rings (SSSR count). The molecular formula is H2BF4I. The first-order valence-corrected chi connectivity index (χ1v) is 0.873. The lowest BCUT2D eigenvalue weighted by Crippen LogP contribution is -3.00. The van der Waals surface area contributed by atoms with Gasteiger partial charge in [0.2, 0.25) is 24.0 Å². The predicted molar refractivity (Wildman–Crippen MR) is 13.0 cm³/mol. The molecule has 0 aliphatic rings. The van der Waals surface area contributed by atoms with Gasteiger partial charge in [0, 0.05) is 0 Å². The first-order chi connectivity index (χ1) is 2.00. The van der Waals surface area contributed by atoms with E-state index in [1.807, 2.05) is 0 Å². The van der Waals surface area contributed by atoms with Gasteiger partial charge in [0.15, 0.2) is 0 Å². The summed E-state index contributed by atoms with van der Waals surface area (Å²) in [5.41, 5.74) is 0. The van der Waals surface area contributed by atoms with Gasteiger partial charge in [0.05, 0.1) is 0 Å². The largest absolute Gasteiger partial charge is 0.673 e. The third kappa shape index (κ3) is 210. The molecule has 0 aliphatic carbocycles. The maximum absolute atomic E-state index is 9.75. The summed E-state index contributed by atoms with van der Waals surface area (Å²) in [5, 5.41) is 0. The average molecular weight is 216 g/mol. The Labute approximate surface area is 49.0 Å². The van der Waals surface area contributed by atoms with Crippen molar-refractivity contribution < 1.29 is 41.2 Å². The van der Waals surface area contributed by atoms with Crippen LogP contribution in [0.2, 0.25) is 0 Å². The standard InChI is InChI=1S/BF4.H2I/c2-1(3,4)5;/h;1H2/q-1;+1. The maximum Gasteiger partial charge on any atom is 0.673 e. The van der Waals surface area contributed by atoms with Crippen molar-refractivity contribution >= 4 is 7.25 Å². The number of hydrogen-bond donors (Lipinski definition) is 0. The summed E-state index contributed by atoms with van der Waals surface area (Å²) in [5.74, 6) is 0. The van der Waals surface area contributed by atoms with E-state index in [-0.39, 0.29) is 24.0 Å². The van der Waals surface area contributed by atoms with Crippen LogP contribution < -0.4 is 24.0 Å². The summed E-state index contributed by atoms with van der Waals surface area (Å²) in [6.45, 7) is 0. The van der Waals surface area contributed by atoms with Crippen LogP contribution in [0.4, 0.5) is 17.3 Å². The molecule has 0 bridgehead atoms. The molecule has 0 aromatic heterocycles. The molecule has 0 amide bonds. The van der Waals surface area contributed by atoms with E-state index in [2.05, 4.69) is 0 Å².